The fourth-order valence-corrected chi connectivity index (χ4v) is 9.96. The van der Waals surface area contributed by atoms with Crippen LogP contribution in [0.15, 0.2) is 0 Å². The number of carboxylic acids is 2. The van der Waals surface area contributed by atoms with E-state index >= 15 is 0 Å². The number of carbonyl (C=O) groups excluding carboxylic acids is 8. The molecule has 79 heavy (non-hydrogen) atoms. The fourth-order valence-electron chi connectivity index (χ4n) is 8.26. The van der Waals surface area contributed by atoms with Crippen molar-refractivity contribution in [3.63, 3.8) is 0 Å². The number of carboxylic acid groups (broad SMARTS) is 2. The molecule has 0 saturated carbocycles. The summed E-state index contributed by atoms with van der Waals surface area (Å²) in [6, 6.07) is -8.95. The Hall–Kier alpha value is -4.72. The molecule has 0 radical (unpaired) electrons. The van der Waals surface area contributed by atoms with Gasteiger partial charge in [-0.3, -0.25) is 47.9 Å². The first-order valence-corrected chi connectivity index (χ1v) is 31.3. The predicted octanol–water partition coefficient (Wildman–Crippen LogP) is 2.97. The molecule has 0 heterocycles. The second-order valence-electron chi connectivity index (χ2n) is 20.2. The maximum Gasteiger partial charge on any atom is 0.305 e. The van der Waals surface area contributed by atoms with Crippen LogP contribution in [-0.2, 0) is 47.9 Å². The molecule has 0 aliphatic heterocycles. The molecule has 8 amide bonds. The van der Waals surface area contributed by atoms with Crippen LogP contribution >= 0.6 is 23.5 Å². The molecule has 0 unspecified atom stereocenters. The van der Waals surface area contributed by atoms with Gasteiger partial charge in [-0.1, -0.05) is 129 Å². The Balaban J connectivity index is 5.63. The van der Waals surface area contributed by atoms with Crippen molar-refractivity contribution in [1.29, 1.82) is 0 Å². The molecular formula is C54H101N11O12S2. The summed E-state index contributed by atoms with van der Waals surface area (Å²) < 4.78 is 0. The van der Waals surface area contributed by atoms with Crippen molar-refractivity contribution in [3.05, 3.63) is 0 Å². The van der Waals surface area contributed by atoms with Gasteiger partial charge >= 0.3 is 11.9 Å². The van der Waals surface area contributed by atoms with Crippen molar-refractivity contribution in [3.8, 4) is 0 Å². The minimum absolute atomic E-state index is 0.0265. The third-order valence-corrected chi connectivity index (χ3v) is 15.0. The average molecular weight is 1160 g/mol. The molecule has 0 fully saturated rings. The van der Waals surface area contributed by atoms with Crippen molar-refractivity contribution in [1.82, 2.24) is 37.2 Å². The highest BCUT2D eigenvalue weighted by molar-refractivity contribution is 8.00. The normalized spacial score (nSPS) is 13.4. The third kappa shape index (κ3) is 41.0. The molecule has 0 saturated heterocycles. The van der Waals surface area contributed by atoms with Crippen LogP contribution in [0.5, 0.6) is 0 Å². The highest BCUT2D eigenvalue weighted by atomic mass is 32.2. The summed E-state index contributed by atoms with van der Waals surface area (Å²) in [6.45, 7) is 5.87. The van der Waals surface area contributed by atoms with Crippen LogP contribution in [-0.4, -0.2) is 155 Å². The number of nitrogens with two attached hydrogens (primary N) is 4. The van der Waals surface area contributed by atoms with Gasteiger partial charge in [-0.05, 0) is 64.5 Å². The van der Waals surface area contributed by atoms with E-state index in [4.69, 9.17) is 22.9 Å². The number of primary amides is 1. The molecule has 0 spiro atoms. The predicted molar refractivity (Wildman–Crippen MR) is 311 cm³/mol. The van der Waals surface area contributed by atoms with Gasteiger partial charge in [0.25, 0.3) is 0 Å². The van der Waals surface area contributed by atoms with Gasteiger partial charge < -0.3 is 70.4 Å². The fraction of sp³-hybridized carbons (Fsp3) is 0.815. The summed E-state index contributed by atoms with van der Waals surface area (Å²) in [6.07, 6.45) is 22.6. The first-order valence-electron chi connectivity index (χ1n) is 29.0. The van der Waals surface area contributed by atoms with E-state index in [0.29, 0.717) is 32.4 Å². The first kappa shape index (κ1) is 74.3. The van der Waals surface area contributed by atoms with Crippen molar-refractivity contribution in [2.45, 2.75) is 230 Å². The summed E-state index contributed by atoms with van der Waals surface area (Å²) in [5.41, 5.74) is 23.1. The number of rotatable bonds is 53. The summed E-state index contributed by atoms with van der Waals surface area (Å²) >= 11 is 2.15. The van der Waals surface area contributed by atoms with Gasteiger partial charge in [0, 0.05) is 24.6 Å². The zero-order chi connectivity index (χ0) is 59.1. The van der Waals surface area contributed by atoms with Crippen LogP contribution in [0.4, 0.5) is 0 Å². The van der Waals surface area contributed by atoms with E-state index in [2.05, 4.69) is 51.1 Å². The van der Waals surface area contributed by atoms with Gasteiger partial charge in [-0.2, -0.15) is 0 Å². The molecule has 456 valence electrons. The van der Waals surface area contributed by atoms with E-state index in [-0.39, 0.29) is 67.2 Å². The van der Waals surface area contributed by atoms with Crippen LogP contribution in [0, 0.1) is 0 Å². The number of unbranched alkanes of at least 4 members (excludes halogenated alkanes) is 20. The van der Waals surface area contributed by atoms with Gasteiger partial charge in [0.1, 0.15) is 30.2 Å². The molecule has 0 aromatic carbocycles. The highest BCUT2D eigenvalue weighted by Gasteiger charge is 2.34. The van der Waals surface area contributed by atoms with Crippen LogP contribution in [0.1, 0.15) is 194 Å². The van der Waals surface area contributed by atoms with E-state index in [1.807, 2.05) is 0 Å². The Bertz CT molecular complexity index is 1770. The lowest BCUT2D eigenvalue weighted by Crippen LogP contribution is -2.60. The largest absolute Gasteiger partial charge is 0.481 e. The number of carbonyl (C=O) groups is 10. The Labute approximate surface area is 478 Å². The van der Waals surface area contributed by atoms with E-state index in [0.717, 1.165) is 68.5 Å². The maximum absolute atomic E-state index is 13.8. The van der Waals surface area contributed by atoms with Gasteiger partial charge in [-0.25, -0.2) is 0 Å². The smallest absolute Gasteiger partial charge is 0.305 e. The van der Waals surface area contributed by atoms with Crippen LogP contribution in [0.25, 0.3) is 0 Å². The number of hydrogen-bond acceptors (Lipinski definition) is 15. The number of hydrogen-bond donors (Lipinski definition) is 13. The number of amides is 8. The van der Waals surface area contributed by atoms with Gasteiger partial charge in [0.2, 0.25) is 47.3 Å². The maximum atomic E-state index is 13.8. The minimum atomic E-state index is -1.81. The zero-order valence-corrected chi connectivity index (χ0v) is 49.2. The quantitative estimate of drug-likeness (QED) is 0.0389. The Kier molecular flexibility index (Phi) is 46.2. The van der Waals surface area contributed by atoms with Crippen LogP contribution < -0.4 is 60.2 Å². The van der Waals surface area contributed by atoms with Crippen molar-refractivity contribution < 1.29 is 58.2 Å². The van der Waals surface area contributed by atoms with Crippen molar-refractivity contribution in [2.24, 2.45) is 22.9 Å². The van der Waals surface area contributed by atoms with E-state index < -0.39 is 96.5 Å². The van der Waals surface area contributed by atoms with Crippen molar-refractivity contribution >= 4 is 82.7 Å². The Morgan fingerprint density at radius 3 is 1.08 bits per heavy atom. The molecule has 25 heteroatoms. The van der Waals surface area contributed by atoms with Crippen molar-refractivity contribution in [2.75, 3.05) is 49.2 Å². The van der Waals surface area contributed by atoms with Gasteiger partial charge in [0.05, 0.1) is 30.4 Å². The van der Waals surface area contributed by atoms with E-state index in [1.54, 1.807) is 0 Å². The lowest BCUT2D eigenvalue weighted by Gasteiger charge is -2.26. The molecule has 0 aromatic rings. The second-order valence-corrected chi connectivity index (χ2v) is 22.2. The standard InChI is InChI=1S/C54H101N11O12S2/c1-3-5-7-9-11-13-15-17-19-25-31-59-45(66)37-78-35-39(57)50(73)61-40(27-21-23-29-55)51(74)63-42(33-47(68)69)53(76)62-41(28-22-24-30-56)52(75)64-43(34-48(70)71)54(77)65-44(49(58)72)36-79-38-46(67)60-32-26-20-18-16-14-12-10-8-6-4-2/h39-44H,3-38,55-57H2,1-2H3,(H2,58,72)(H,59,66)(H,60,67)(H,61,73)(H,62,76)(H,63,74)(H,64,75)(H,65,77)(H,68,69)(H,70,71)/t39-,40-,41-,42-,43-,44-/m0/s1. The molecule has 6 atom stereocenters. The monoisotopic (exact) mass is 1160 g/mol. The lowest BCUT2D eigenvalue weighted by molar-refractivity contribution is -0.142. The minimum Gasteiger partial charge on any atom is -0.481 e. The molecular weight excluding hydrogens is 1060 g/mol. The average Bonchev–Trinajstić information content (AvgIpc) is 3.40. The highest BCUT2D eigenvalue weighted by Crippen LogP contribution is 2.13. The lowest BCUT2D eigenvalue weighted by atomic mass is 10.0. The topological polar surface area (TPSA) is 399 Å². The Morgan fingerprint density at radius 2 is 0.722 bits per heavy atom. The molecule has 0 aliphatic carbocycles. The van der Waals surface area contributed by atoms with E-state index in [9.17, 15) is 58.2 Å². The SMILES string of the molecule is CCCCCCCCCCCCNC(=O)CSC[C@H](NC(=O)[C@H](CC(=O)O)NC(=O)[C@H](CCCCN)NC(=O)[C@H](CC(=O)O)NC(=O)[C@H](CCCCN)NC(=O)[C@@H](N)CSCC(=O)NCCCCCCCCCCCC)C(N)=O. The third-order valence-electron chi connectivity index (χ3n) is 12.9. The summed E-state index contributed by atoms with van der Waals surface area (Å²) in [4.78, 5) is 130. The summed E-state index contributed by atoms with van der Waals surface area (Å²) in [5, 5.41) is 37.2. The van der Waals surface area contributed by atoms with Crippen LogP contribution in [0.2, 0.25) is 0 Å². The molecule has 0 aliphatic rings. The molecule has 0 aromatic heterocycles. The molecule has 0 bridgehead atoms. The molecule has 23 nitrogen and oxygen atoms in total. The second kappa shape index (κ2) is 49.1. The molecule has 0 rings (SSSR count). The van der Waals surface area contributed by atoms with Gasteiger partial charge in [-0.15, -0.1) is 23.5 Å². The van der Waals surface area contributed by atoms with E-state index in [1.165, 1.54) is 83.5 Å². The number of aliphatic carboxylic acids is 2. The van der Waals surface area contributed by atoms with Gasteiger partial charge in [0.15, 0.2) is 0 Å². The summed E-state index contributed by atoms with van der Waals surface area (Å²) in [7, 11) is 0. The Morgan fingerprint density at radius 1 is 0.405 bits per heavy atom. The molecule has 17 N–H and O–H groups in total. The zero-order valence-electron chi connectivity index (χ0n) is 47.5. The summed E-state index contributed by atoms with van der Waals surface area (Å²) in [5.74, 6) is -9.58. The first-order chi connectivity index (χ1) is 37.9. The number of thioether (sulfide) groups is 2. The number of nitrogens with one attached hydrogen (secondary N) is 7. The van der Waals surface area contributed by atoms with Crippen LogP contribution in [0.3, 0.4) is 0 Å².